The highest BCUT2D eigenvalue weighted by atomic mass is 35.5. The van der Waals surface area contributed by atoms with Gasteiger partial charge in [-0.2, -0.15) is 0 Å². The second-order valence-corrected chi connectivity index (χ2v) is 5.59. The van der Waals surface area contributed by atoms with Crippen LogP contribution in [0.15, 0.2) is 17.1 Å². The van der Waals surface area contributed by atoms with Crippen molar-refractivity contribution in [2.75, 3.05) is 5.88 Å². The largest absolute Gasteiger partial charge is 0.364 e. The van der Waals surface area contributed by atoms with Crippen molar-refractivity contribution < 1.29 is 4.79 Å². The Bertz CT molecular complexity index is 518. The number of hydrogen-bond acceptors (Lipinski definition) is 2. The minimum Gasteiger partial charge on any atom is -0.364 e. The van der Waals surface area contributed by atoms with Crippen LogP contribution >= 0.6 is 11.6 Å². The summed E-state index contributed by atoms with van der Waals surface area (Å²) < 4.78 is 0. The number of halogens is 1. The molecule has 0 atom stereocenters. The number of carbonyl (C=O) groups is 1. The van der Waals surface area contributed by atoms with E-state index in [1.54, 1.807) is 6.92 Å². The number of H-pyrrole nitrogens is 1. The van der Waals surface area contributed by atoms with E-state index in [0.29, 0.717) is 5.88 Å². The van der Waals surface area contributed by atoms with Crippen molar-refractivity contribution in [3.8, 4) is 0 Å². The molecular formula is C14H19ClN2O2. The lowest BCUT2D eigenvalue weighted by molar-refractivity contribution is 0.0883. The van der Waals surface area contributed by atoms with Gasteiger partial charge in [0.15, 0.2) is 5.43 Å². The Labute approximate surface area is 117 Å². The van der Waals surface area contributed by atoms with E-state index >= 15 is 0 Å². The van der Waals surface area contributed by atoms with Crippen LogP contribution in [-0.2, 0) is 0 Å². The molecule has 0 saturated heterocycles. The molecule has 1 saturated carbocycles. The molecule has 1 aromatic heterocycles. The number of aryl methyl sites for hydroxylation is 1. The summed E-state index contributed by atoms with van der Waals surface area (Å²) in [5.41, 5.74) is 0.287. The molecular weight excluding hydrogens is 264 g/mol. The van der Waals surface area contributed by atoms with Gasteiger partial charge < -0.3 is 10.3 Å². The standard InChI is InChI=1S/C14H19ClN2O2/c1-10-7-12(18)11(8-16-10)13(19)17-14(9-15)5-3-2-4-6-14/h7-8H,2-6,9H2,1H3,(H,16,18)(H,17,19). The topological polar surface area (TPSA) is 62.0 Å². The van der Waals surface area contributed by atoms with Crippen molar-refractivity contribution >= 4 is 17.5 Å². The van der Waals surface area contributed by atoms with Gasteiger partial charge in [0.25, 0.3) is 5.91 Å². The van der Waals surface area contributed by atoms with Gasteiger partial charge in [0.05, 0.1) is 5.54 Å². The number of alkyl halides is 1. The Morgan fingerprint density at radius 1 is 1.42 bits per heavy atom. The number of amides is 1. The number of carbonyl (C=O) groups excluding carboxylic acids is 1. The first kappa shape index (κ1) is 14.1. The number of nitrogens with one attached hydrogen (secondary N) is 2. The van der Waals surface area contributed by atoms with Gasteiger partial charge in [-0.15, -0.1) is 11.6 Å². The Morgan fingerprint density at radius 2 is 2.11 bits per heavy atom. The SMILES string of the molecule is Cc1cc(=O)c(C(=O)NC2(CCl)CCCCC2)c[nH]1. The third-order valence-corrected chi connectivity index (χ3v) is 4.26. The molecule has 1 heterocycles. The first-order valence-electron chi connectivity index (χ1n) is 6.64. The first-order chi connectivity index (χ1) is 9.06. The van der Waals surface area contributed by atoms with Gasteiger partial charge in [-0.25, -0.2) is 0 Å². The maximum absolute atomic E-state index is 12.2. The summed E-state index contributed by atoms with van der Waals surface area (Å²) in [6.45, 7) is 1.78. The van der Waals surface area contributed by atoms with E-state index in [0.717, 1.165) is 31.4 Å². The molecule has 0 unspecified atom stereocenters. The molecule has 0 radical (unpaired) electrons. The van der Waals surface area contributed by atoms with Crippen molar-refractivity contribution in [1.29, 1.82) is 0 Å². The fraction of sp³-hybridized carbons (Fsp3) is 0.571. The second-order valence-electron chi connectivity index (χ2n) is 5.32. The first-order valence-corrected chi connectivity index (χ1v) is 7.18. The molecule has 1 fully saturated rings. The zero-order valence-corrected chi connectivity index (χ0v) is 11.8. The predicted molar refractivity (Wildman–Crippen MR) is 75.8 cm³/mol. The number of aromatic nitrogens is 1. The lowest BCUT2D eigenvalue weighted by Gasteiger charge is -2.36. The smallest absolute Gasteiger partial charge is 0.257 e. The van der Waals surface area contributed by atoms with E-state index in [1.165, 1.54) is 18.7 Å². The van der Waals surface area contributed by atoms with Gasteiger partial charge in [-0.05, 0) is 19.8 Å². The van der Waals surface area contributed by atoms with Crippen LogP contribution in [0.1, 0.15) is 48.2 Å². The van der Waals surface area contributed by atoms with Gasteiger partial charge >= 0.3 is 0 Å². The number of pyridine rings is 1. The monoisotopic (exact) mass is 282 g/mol. The third kappa shape index (κ3) is 3.18. The number of hydrogen-bond donors (Lipinski definition) is 2. The fourth-order valence-corrected chi connectivity index (χ4v) is 2.91. The molecule has 2 N–H and O–H groups in total. The average molecular weight is 283 g/mol. The maximum Gasteiger partial charge on any atom is 0.257 e. The van der Waals surface area contributed by atoms with Crippen molar-refractivity contribution in [3.63, 3.8) is 0 Å². The van der Waals surface area contributed by atoms with Gasteiger partial charge in [-0.1, -0.05) is 19.3 Å². The quantitative estimate of drug-likeness (QED) is 0.836. The average Bonchev–Trinajstić information content (AvgIpc) is 2.39. The van der Waals surface area contributed by atoms with Crippen LogP contribution in [0.3, 0.4) is 0 Å². The normalized spacial score (nSPS) is 18.0. The second kappa shape index (κ2) is 5.78. The summed E-state index contributed by atoms with van der Waals surface area (Å²) >= 11 is 6.03. The molecule has 1 aliphatic rings. The summed E-state index contributed by atoms with van der Waals surface area (Å²) in [5, 5.41) is 2.97. The Kier molecular flexibility index (Phi) is 4.30. The molecule has 1 amide bonds. The summed E-state index contributed by atoms with van der Waals surface area (Å²) in [5.74, 6) is 0.0616. The highest BCUT2D eigenvalue weighted by Crippen LogP contribution is 2.29. The van der Waals surface area contributed by atoms with Gasteiger partial charge in [0.1, 0.15) is 5.56 Å². The molecule has 4 nitrogen and oxygen atoms in total. The summed E-state index contributed by atoms with van der Waals surface area (Å²) in [4.78, 5) is 26.9. The van der Waals surface area contributed by atoms with E-state index in [9.17, 15) is 9.59 Å². The van der Waals surface area contributed by atoms with E-state index in [4.69, 9.17) is 11.6 Å². The Hall–Kier alpha value is -1.29. The van der Waals surface area contributed by atoms with Gasteiger partial charge in [-0.3, -0.25) is 9.59 Å². The van der Waals surface area contributed by atoms with Crippen LogP contribution in [0.5, 0.6) is 0 Å². The molecule has 2 rings (SSSR count). The third-order valence-electron chi connectivity index (χ3n) is 3.75. The zero-order chi connectivity index (χ0) is 13.9. The van der Waals surface area contributed by atoms with Crippen molar-refractivity contribution in [2.45, 2.75) is 44.6 Å². The lowest BCUT2D eigenvalue weighted by atomic mass is 9.83. The van der Waals surface area contributed by atoms with Crippen LogP contribution in [0.25, 0.3) is 0 Å². The van der Waals surface area contributed by atoms with E-state index in [-0.39, 0.29) is 22.4 Å². The van der Waals surface area contributed by atoms with Crippen molar-refractivity contribution in [3.05, 3.63) is 33.7 Å². The summed E-state index contributed by atoms with van der Waals surface area (Å²) in [6, 6.07) is 1.43. The molecule has 0 aliphatic heterocycles. The minimum absolute atomic E-state index is 0.153. The van der Waals surface area contributed by atoms with E-state index in [1.807, 2.05) is 0 Å². The molecule has 0 bridgehead atoms. The van der Waals surface area contributed by atoms with Gasteiger partial charge in [0.2, 0.25) is 0 Å². The molecule has 5 heteroatoms. The Morgan fingerprint density at radius 3 is 2.68 bits per heavy atom. The highest BCUT2D eigenvalue weighted by Gasteiger charge is 2.33. The van der Waals surface area contributed by atoms with Crippen LogP contribution in [0, 0.1) is 6.92 Å². The van der Waals surface area contributed by atoms with E-state index < -0.39 is 0 Å². The van der Waals surface area contributed by atoms with Crippen LogP contribution < -0.4 is 10.7 Å². The van der Waals surface area contributed by atoms with Crippen LogP contribution in [0.2, 0.25) is 0 Å². The predicted octanol–water partition coefficient (Wildman–Crippen LogP) is 2.35. The maximum atomic E-state index is 12.2. The van der Waals surface area contributed by atoms with Crippen molar-refractivity contribution in [2.24, 2.45) is 0 Å². The van der Waals surface area contributed by atoms with E-state index in [2.05, 4.69) is 10.3 Å². The zero-order valence-electron chi connectivity index (χ0n) is 11.1. The molecule has 19 heavy (non-hydrogen) atoms. The molecule has 0 spiro atoms. The fourth-order valence-electron chi connectivity index (χ4n) is 2.58. The summed E-state index contributed by atoms with van der Waals surface area (Å²) in [6.07, 6.45) is 6.55. The molecule has 104 valence electrons. The number of rotatable bonds is 3. The summed E-state index contributed by atoms with van der Waals surface area (Å²) in [7, 11) is 0. The molecule has 1 aliphatic carbocycles. The number of aromatic amines is 1. The van der Waals surface area contributed by atoms with Crippen molar-refractivity contribution in [1.82, 2.24) is 10.3 Å². The Balaban J connectivity index is 2.17. The van der Waals surface area contributed by atoms with Gasteiger partial charge in [0, 0.05) is 23.8 Å². The lowest BCUT2D eigenvalue weighted by Crippen LogP contribution is -2.52. The molecule has 0 aromatic carbocycles. The minimum atomic E-state index is -0.353. The van der Waals surface area contributed by atoms with Crippen LogP contribution in [0.4, 0.5) is 0 Å². The molecule has 1 aromatic rings. The van der Waals surface area contributed by atoms with Crippen LogP contribution in [-0.4, -0.2) is 22.3 Å². The highest BCUT2D eigenvalue weighted by molar-refractivity contribution is 6.19.